The normalized spacial score (nSPS) is 14.9. The monoisotopic (exact) mass is 644 g/mol. The number of sulfone groups is 1. The number of amides is 2. The Bertz CT molecular complexity index is 1770. The largest absolute Gasteiger partial charge is 0.457 e. The molecular weight excluding hydrogens is 616 g/mol. The van der Waals surface area contributed by atoms with Crippen LogP contribution in [0.1, 0.15) is 24.0 Å². The number of halogens is 4. The number of nitrogens with zero attached hydrogens (tertiary/aromatic N) is 1. The van der Waals surface area contributed by atoms with E-state index in [4.69, 9.17) is 9.47 Å². The second-order valence-corrected chi connectivity index (χ2v) is 12.6. The molecule has 0 spiro atoms. The molecule has 2 amide bonds. The summed E-state index contributed by atoms with van der Waals surface area (Å²) in [7, 11) is -3.41. The van der Waals surface area contributed by atoms with E-state index in [1.165, 1.54) is 83.8 Å². The first-order valence-corrected chi connectivity index (χ1v) is 15.6. The quantitative estimate of drug-likeness (QED) is 0.204. The molecular formula is C32H28F4N2O6S. The number of carbonyl (C=O) groups excluding carboxylic acids is 1. The highest BCUT2D eigenvalue weighted by Gasteiger charge is 2.37. The number of anilines is 1. The van der Waals surface area contributed by atoms with Gasteiger partial charge in [0.05, 0.1) is 16.1 Å². The number of nitrogens with one attached hydrogen (secondary N) is 1. The minimum atomic E-state index is -4.49. The first-order chi connectivity index (χ1) is 21.2. The molecule has 0 aliphatic carbocycles. The molecule has 0 aromatic heterocycles. The van der Waals surface area contributed by atoms with Crippen LogP contribution in [0, 0.1) is 5.82 Å². The number of alkyl halides is 3. The number of likely N-dealkylation sites (tertiary alicyclic amines) is 1. The molecule has 1 aliphatic heterocycles. The van der Waals surface area contributed by atoms with Crippen molar-refractivity contribution in [1.29, 1.82) is 0 Å². The van der Waals surface area contributed by atoms with Gasteiger partial charge in [-0.1, -0.05) is 12.1 Å². The summed E-state index contributed by atoms with van der Waals surface area (Å²) >= 11 is 0. The van der Waals surface area contributed by atoms with Crippen molar-refractivity contribution in [2.75, 3.05) is 24.7 Å². The van der Waals surface area contributed by atoms with Gasteiger partial charge in [0, 0.05) is 43.2 Å². The summed E-state index contributed by atoms with van der Waals surface area (Å²) in [4.78, 5) is 14.8. The van der Waals surface area contributed by atoms with Crippen LogP contribution in [0.3, 0.4) is 0 Å². The zero-order chi connectivity index (χ0) is 32.4. The van der Waals surface area contributed by atoms with Gasteiger partial charge in [-0.05, 0) is 79.1 Å². The Morgan fingerprint density at radius 1 is 0.822 bits per heavy atom. The number of piperidine rings is 1. The highest BCUT2D eigenvalue weighted by Crippen LogP contribution is 2.37. The Balaban J connectivity index is 1.31. The van der Waals surface area contributed by atoms with Crippen molar-refractivity contribution in [1.82, 2.24) is 4.90 Å². The van der Waals surface area contributed by atoms with Gasteiger partial charge in [0.15, 0.2) is 9.84 Å². The summed E-state index contributed by atoms with van der Waals surface area (Å²) in [5.41, 5.74) is -1.58. The van der Waals surface area contributed by atoms with E-state index in [0.29, 0.717) is 17.1 Å². The first kappa shape index (κ1) is 31.8. The van der Waals surface area contributed by atoms with E-state index < -0.39 is 39.0 Å². The van der Waals surface area contributed by atoms with Gasteiger partial charge in [-0.2, -0.15) is 13.2 Å². The molecule has 45 heavy (non-hydrogen) atoms. The summed E-state index contributed by atoms with van der Waals surface area (Å²) in [6.45, 7) is 0.260. The van der Waals surface area contributed by atoms with E-state index in [1.807, 2.05) is 0 Å². The van der Waals surface area contributed by atoms with Crippen LogP contribution in [0.4, 0.5) is 28.0 Å². The second kappa shape index (κ2) is 12.4. The van der Waals surface area contributed by atoms with Crippen molar-refractivity contribution < 1.29 is 45.4 Å². The van der Waals surface area contributed by atoms with Crippen LogP contribution >= 0.6 is 0 Å². The molecule has 0 radical (unpaired) electrons. The van der Waals surface area contributed by atoms with E-state index in [9.17, 15) is 35.9 Å². The smallest absolute Gasteiger partial charge is 0.416 e. The molecule has 0 saturated carbocycles. The van der Waals surface area contributed by atoms with E-state index in [1.54, 1.807) is 0 Å². The van der Waals surface area contributed by atoms with Gasteiger partial charge < -0.3 is 24.8 Å². The summed E-state index contributed by atoms with van der Waals surface area (Å²) in [6, 6.07) is 19.5. The van der Waals surface area contributed by atoms with Crippen molar-refractivity contribution in [3.05, 3.63) is 108 Å². The summed E-state index contributed by atoms with van der Waals surface area (Å²) < 4.78 is 87.6. The van der Waals surface area contributed by atoms with Crippen molar-refractivity contribution in [2.24, 2.45) is 0 Å². The van der Waals surface area contributed by atoms with Gasteiger partial charge in [-0.3, -0.25) is 0 Å². The highest BCUT2D eigenvalue weighted by atomic mass is 32.2. The van der Waals surface area contributed by atoms with Gasteiger partial charge in [0.1, 0.15) is 28.8 Å². The van der Waals surface area contributed by atoms with Crippen LogP contribution in [-0.2, 0) is 21.6 Å². The molecule has 0 unspecified atom stereocenters. The van der Waals surface area contributed by atoms with E-state index >= 15 is 0 Å². The fourth-order valence-electron chi connectivity index (χ4n) is 4.83. The Morgan fingerprint density at radius 2 is 1.33 bits per heavy atom. The third kappa shape index (κ3) is 7.91. The number of benzene rings is 4. The SMILES string of the molecule is CS(=O)(=O)c1ccc(Oc2cc(NC(=O)N3CCC(O)(c4ccc(C(F)(F)F)cc4)CC3)cc(Oc3ccc(F)cc3)c2)cc1. The fraction of sp³-hybridized carbons (Fsp3) is 0.219. The zero-order valence-electron chi connectivity index (χ0n) is 23.8. The number of urea groups is 1. The van der Waals surface area contributed by atoms with Crippen molar-refractivity contribution in [2.45, 2.75) is 29.5 Å². The Kier molecular flexibility index (Phi) is 8.77. The molecule has 5 rings (SSSR count). The summed E-state index contributed by atoms with van der Waals surface area (Å²) in [6.07, 6.45) is -3.18. The standard InChI is InChI=1S/C32H28F4N2O6S/c1-45(41,42)29-12-10-26(11-13-29)44-28-19-24(18-27(20-28)43-25-8-6-23(33)7-9-25)37-30(39)38-16-14-31(40,15-17-38)21-2-4-22(5-3-21)32(34,35)36/h2-13,18-20,40H,14-17H2,1H3,(H,37,39). The number of aliphatic hydroxyl groups is 1. The number of hydrogen-bond donors (Lipinski definition) is 2. The average Bonchev–Trinajstić information content (AvgIpc) is 2.98. The Hall–Kier alpha value is -4.62. The number of ether oxygens (including phenoxy) is 2. The maximum absolute atomic E-state index is 13.4. The molecule has 4 aromatic carbocycles. The molecule has 236 valence electrons. The molecule has 1 heterocycles. The van der Waals surface area contributed by atoms with Gasteiger partial charge in [-0.25, -0.2) is 17.6 Å². The minimum Gasteiger partial charge on any atom is -0.457 e. The molecule has 4 aromatic rings. The van der Waals surface area contributed by atoms with Crippen LogP contribution in [-0.4, -0.2) is 43.8 Å². The maximum atomic E-state index is 13.4. The molecule has 13 heteroatoms. The third-order valence-electron chi connectivity index (χ3n) is 7.30. The zero-order valence-corrected chi connectivity index (χ0v) is 24.7. The van der Waals surface area contributed by atoms with Crippen LogP contribution in [0.2, 0.25) is 0 Å². The van der Waals surface area contributed by atoms with Crippen LogP contribution in [0.25, 0.3) is 0 Å². The lowest BCUT2D eigenvalue weighted by atomic mass is 9.84. The predicted molar refractivity (Wildman–Crippen MR) is 158 cm³/mol. The molecule has 2 N–H and O–H groups in total. The highest BCUT2D eigenvalue weighted by molar-refractivity contribution is 7.90. The van der Waals surface area contributed by atoms with Gasteiger partial charge in [0.2, 0.25) is 0 Å². The summed E-state index contributed by atoms with van der Waals surface area (Å²) in [5, 5.41) is 13.9. The third-order valence-corrected chi connectivity index (χ3v) is 8.42. The second-order valence-electron chi connectivity index (χ2n) is 10.6. The van der Waals surface area contributed by atoms with Crippen LogP contribution < -0.4 is 14.8 Å². The van der Waals surface area contributed by atoms with E-state index in [2.05, 4.69) is 5.32 Å². The maximum Gasteiger partial charge on any atom is 0.416 e. The van der Waals surface area contributed by atoms with Crippen molar-refractivity contribution in [3.63, 3.8) is 0 Å². The average molecular weight is 645 g/mol. The van der Waals surface area contributed by atoms with Crippen LogP contribution in [0.15, 0.2) is 95.9 Å². The molecule has 1 fully saturated rings. The minimum absolute atomic E-state index is 0.108. The van der Waals surface area contributed by atoms with Crippen LogP contribution in [0.5, 0.6) is 23.0 Å². The van der Waals surface area contributed by atoms with Gasteiger partial charge in [-0.15, -0.1) is 0 Å². The van der Waals surface area contributed by atoms with Gasteiger partial charge >= 0.3 is 12.2 Å². The van der Waals surface area contributed by atoms with Gasteiger partial charge in [0.25, 0.3) is 0 Å². The lowest BCUT2D eigenvalue weighted by Crippen LogP contribution is -2.46. The first-order valence-electron chi connectivity index (χ1n) is 13.7. The molecule has 8 nitrogen and oxygen atoms in total. The number of hydrogen-bond acceptors (Lipinski definition) is 6. The molecule has 0 atom stereocenters. The van der Waals surface area contributed by atoms with E-state index in [-0.39, 0.29) is 48.0 Å². The number of rotatable bonds is 7. The fourth-order valence-corrected chi connectivity index (χ4v) is 5.46. The predicted octanol–water partition coefficient (Wildman–Crippen LogP) is 7.35. The lowest BCUT2D eigenvalue weighted by molar-refractivity contribution is -0.137. The molecule has 1 saturated heterocycles. The molecule has 0 bridgehead atoms. The van der Waals surface area contributed by atoms with Crippen molar-refractivity contribution in [3.8, 4) is 23.0 Å². The lowest BCUT2D eigenvalue weighted by Gasteiger charge is -2.38. The molecule has 1 aliphatic rings. The topological polar surface area (TPSA) is 105 Å². The summed E-state index contributed by atoms with van der Waals surface area (Å²) in [5.74, 6) is 0.681. The number of carbonyl (C=O) groups is 1. The van der Waals surface area contributed by atoms with E-state index in [0.717, 1.165) is 18.4 Å². The Labute approximate surface area is 256 Å². The van der Waals surface area contributed by atoms with Crippen molar-refractivity contribution >= 4 is 21.6 Å². The Morgan fingerprint density at radius 3 is 1.82 bits per heavy atom.